The minimum Gasteiger partial charge on any atom is -0.392 e. The van der Waals surface area contributed by atoms with Crippen LogP contribution < -0.4 is 4.90 Å². The van der Waals surface area contributed by atoms with Crippen molar-refractivity contribution in [1.82, 2.24) is 4.90 Å². The third-order valence-electron chi connectivity index (χ3n) is 7.02. The first-order valence-corrected chi connectivity index (χ1v) is 9.44. The standard InChI is InChI=1S/C21H24N2O3/c1-2-13-10-22-8-7-21-16-5-3-4-6-17(16)23(19(26)12-25)20(21)15(11-24)14(13)9-18(21)22/h2-6,14,18,24-25H,7-12H2,1H3/b13-2-/t14-,18-,21+/m0/s1. The maximum atomic E-state index is 12.8. The lowest BCUT2D eigenvalue weighted by molar-refractivity contribution is -0.120. The average Bonchev–Trinajstić information content (AvgIpc) is 3.21. The van der Waals surface area contributed by atoms with E-state index in [4.69, 9.17) is 0 Å². The number of anilines is 1. The Kier molecular flexibility index (Phi) is 3.45. The lowest BCUT2D eigenvalue weighted by atomic mass is 9.62. The number of amides is 1. The number of allylic oxidation sites excluding steroid dienone is 1. The smallest absolute Gasteiger partial charge is 0.257 e. The van der Waals surface area contributed by atoms with E-state index in [0.29, 0.717) is 6.04 Å². The van der Waals surface area contributed by atoms with Crippen molar-refractivity contribution in [3.05, 3.63) is 52.7 Å². The van der Waals surface area contributed by atoms with Gasteiger partial charge in [-0.25, -0.2) is 0 Å². The number of benzene rings is 1. The van der Waals surface area contributed by atoms with Gasteiger partial charge in [0.1, 0.15) is 6.61 Å². The van der Waals surface area contributed by atoms with Crippen molar-refractivity contribution in [2.24, 2.45) is 5.92 Å². The van der Waals surface area contributed by atoms with Gasteiger partial charge in [0, 0.05) is 30.7 Å². The molecule has 0 unspecified atom stereocenters. The van der Waals surface area contributed by atoms with Crippen molar-refractivity contribution >= 4 is 11.6 Å². The van der Waals surface area contributed by atoms with Gasteiger partial charge in [-0.05, 0) is 37.0 Å². The highest BCUT2D eigenvalue weighted by Gasteiger charge is 2.63. The molecular formula is C21H24N2O3. The molecule has 1 aromatic rings. The van der Waals surface area contributed by atoms with Gasteiger partial charge in [0.25, 0.3) is 5.91 Å². The summed E-state index contributed by atoms with van der Waals surface area (Å²) in [6.07, 6.45) is 4.11. The number of hydrogen-bond donors (Lipinski definition) is 2. The first-order valence-electron chi connectivity index (χ1n) is 9.44. The van der Waals surface area contributed by atoms with Crippen LogP contribution in [0.25, 0.3) is 0 Å². The SMILES string of the molecule is C/C=C1/CN2CC[C@]34C(=C(CO)[C@H]1C[C@H]23)N(C(=O)CO)c1ccccc14. The quantitative estimate of drug-likeness (QED) is 0.793. The predicted octanol–water partition coefficient (Wildman–Crippen LogP) is 1.56. The maximum absolute atomic E-state index is 12.8. The second kappa shape index (κ2) is 5.52. The normalized spacial score (nSPS) is 33.7. The van der Waals surface area contributed by atoms with E-state index in [2.05, 4.69) is 24.0 Å². The molecule has 5 heteroatoms. The third-order valence-corrected chi connectivity index (χ3v) is 7.02. The van der Waals surface area contributed by atoms with Crippen LogP contribution >= 0.6 is 0 Å². The molecular weight excluding hydrogens is 328 g/mol. The fourth-order valence-electron chi connectivity index (χ4n) is 6.07. The Morgan fingerprint density at radius 1 is 1.35 bits per heavy atom. The summed E-state index contributed by atoms with van der Waals surface area (Å²) in [5.74, 6) is -0.119. The van der Waals surface area contributed by atoms with Crippen molar-refractivity contribution in [3.8, 4) is 0 Å². The topological polar surface area (TPSA) is 64.0 Å². The molecule has 2 saturated heterocycles. The van der Waals surface area contributed by atoms with Crippen LogP contribution in [0.1, 0.15) is 25.3 Å². The van der Waals surface area contributed by atoms with Crippen molar-refractivity contribution in [2.75, 3.05) is 31.2 Å². The van der Waals surface area contributed by atoms with E-state index in [-0.39, 0.29) is 23.8 Å². The first-order chi connectivity index (χ1) is 12.7. The van der Waals surface area contributed by atoms with Gasteiger partial charge in [-0.1, -0.05) is 29.8 Å². The van der Waals surface area contributed by atoms with E-state index in [1.54, 1.807) is 4.90 Å². The highest BCUT2D eigenvalue weighted by Crippen LogP contribution is 2.63. The number of carbonyl (C=O) groups is 1. The molecule has 0 saturated carbocycles. The van der Waals surface area contributed by atoms with Gasteiger partial charge in [0.05, 0.1) is 17.7 Å². The van der Waals surface area contributed by atoms with Crippen molar-refractivity contribution in [3.63, 3.8) is 0 Å². The Balaban J connectivity index is 1.85. The van der Waals surface area contributed by atoms with E-state index >= 15 is 0 Å². The maximum Gasteiger partial charge on any atom is 0.257 e. The van der Waals surface area contributed by atoms with Crippen LogP contribution in [0.4, 0.5) is 5.69 Å². The fourth-order valence-corrected chi connectivity index (χ4v) is 6.07. The van der Waals surface area contributed by atoms with E-state index in [1.165, 1.54) is 11.1 Å². The van der Waals surface area contributed by atoms with Gasteiger partial charge in [0.2, 0.25) is 0 Å². The summed E-state index contributed by atoms with van der Waals surface area (Å²) >= 11 is 0. The molecule has 1 amide bonds. The summed E-state index contributed by atoms with van der Waals surface area (Å²) in [6, 6.07) is 8.43. The molecule has 2 N–H and O–H groups in total. The van der Waals surface area contributed by atoms with E-state index < -0.39 is 6.61 Å². The van der Waals surface area contributed by atoms with Gasteiger partial charge in [0.15, 0.2) is 0 Å². The third kappa shape index (κ3) is 1.73. The summed E-state index contributed by atoms with van der Waals surface area (Å²) in [5.41, 5.74) is 5.06. The number of hydrogen-bond acceptors (Lipinski definition) is 4. The number of aliphatic hydroxyl groups excluding tert-OH is 2. The number of aliphatic hydroxyl groups is 2. The van der Waals surface area contributed by atoms with Crippen LogP contribution in [0.5, 0.6) is 0 Å². The Morgan fingerprint density at radius 3 is 2.88 bits per heavy atom. The molecule has 136 valence electrons. The molecule has 3 heterocycles. The molecule has 3 aliphatic heterocycles. The molecule has 1 aliphatic carbocycles. The van der Waals surface area contributed by atoms with Crippen LogP contribution in [0.15, 0.2) is 47.2 Å². The summed E-state index contributed by atoms with van der Waals surface area (Å²) in [4.78, 5) is 17.0. The zero-order chi connectivity index (χ0) is 18.1. The lowest BCUT2D eigenvalue weighted by Gasteiger charge is -2.50. The van der Waals surface area contributed by atoms with Crippen LogP contribution in [0, 0.1) is 5.92 Å². The van der Waals surface area contributed by atoms with Crippen LogP contribution in [0.3, 0.4) is 0 Å². The lowest BCUT2D eigenvalue weighted by Crippen LogP contribution is -2.54. The number of nitrogens with zero attached hydrogens (tertiary/aromatic N) is 2. The molecule has 2 fully saturated rings. The Labute approximate surface area is 153 Å². The van der Waals surface area contributed by atoms with Crippen molar-refractivity contribution in [2.45, 2.75) is 31.2 Å². The Morgan fingerprint density at radius 2 is 2.15 bits per heavy atom. The molecule has 3 atom stereocenters. The summed E-state index contributed by atoms with van der Waals surface area (Å²) < 4.78 is 0. The monoisotopic (exact) mass is 352 g/mol. The molecule has 4 aliphatic rings. The zero-order valence-electron chi connectivity index (χ0n) is 15.0. The van der Waals surface area contributed by atoms with Crippen molar-refractivity contribution in [1.29, 1.82) is 0 Å². The minimum atomic E-state index is -0.526. The van der Waals surface area contributed by atoms with Gasteiger partial charge >= 0.3 is 0 Å². The summed E-state index contributed by atoms with van der Waals surface area (Å²) in [6.45, 7) is 3.43. The second-order valence-electron chi connectivity index (χ2n) is 7.80. The number of fused-ring (bicyclic) bond motifs is 2. The molecule has 5 rings (SSSR count). The highest BCUT2D eigenvalue weighted by atomic mass is 16.3. The van der Waals surface area contributed by atoms with Crippen molar-refractivity contribution < 1.29 is 15.0 Å². The number of piperidine rings is 1. The fraction of sp³-hybridized carbons (Fsp3) is 0.476. The molecule has 26 heavy (non-hydrogen) atoms. The van der Waals surface area contributed by atoms with E-state index in [0.717, 1.165) is 42.9 Å². The first kappa shape index (κ1) is 16.2. The van der Waals surface area contributed by atoms with Crippen LogP contribution in [-0.4, -0.2) is 53.4 Å². The van der Waals surface area contributed by atoms with Crippen LogP contribution in [-0.2, 0) is 10.2 Å². The Bertz CT molecular complexity index is 859. The molecule has 0 aromatic heterocycles. The molecule has 0 radical (unpaired) electrons. The number of para-hydroxylation sites is 1. The van der Waals surface area contributed by atoms with Gasteiger partial charge < -0.3 is 10.2 Å². The summed E-state index contributed by atoms with van der Waals surface area (Å²) in [5, 5.41) is 20.0. The Hall–Kier alpha value is -1.95. The summed E-state index contributed by atoms with van der Waals surface area (Å²) in [7, 11) is 0. The molecule has 5 nitrogen and oxygen atoms in total. The van der Waals surface area contributed by atoms with E-state index in [1.807, 2.05) is 18.2 Å². The largest absolute Gasteiger partial charge is 0.392 e. The highest BCUT2D eigenvalue weighted by molar-refractivity contribution is 6.02. The average molecular weight is 352 g/mol. The number of carbonyl (C=O) groups excluding carboxylic acids is 1. The van der Waals surface area contributed by atoms with Gasteiger partial charge in [-0.2, -0.15) is 0 Å². The molecule has 1 aromatic carbocycles. The molecule has 2 bridgehead atoms. The molecule has 1 spiro atoms. The zero-order valence-corrected chi connectivity index (χ0v) is 15.0. The van der Waals surface area contributed by atoms with E-state index in [9.17, 15) is 15.0 Å². The minimum absolute atomic E-state index is 0.0466. The van der Waals surface area contributed by atoms with Crippen LogP contribution in [0.2, 0.25) is 0 Å². The number of rotatable bonds is 2. The predicted molar refractivity (Wildman–Crippen MR) is 98.6 cm³/mol. The van der Waals surface area contributed by atoms with Gasteiger partial charge in [-0.15, -0.1) is 0 Å². The van der Waals surface area contributed by atoms with Gasteiger partial charge in [-0.3, -0.25) is 14.6 Å². The second-order valence-corrected chi connectivity index (χ2v) is 7.80.